The predicted octanol–water partition coefficient (Wildman–Crippen LogP) is 2.09. The second-order valence-electron chi connectivity index (χ2n) is 1.45. The van der Waals surface area contributed by atoms with Gasteiger partial charge in [-0.3, -0.25) is 0 Å². The van der Waals surface area contributed by atoms with Crippen LogP contribution in [0.3, 0.4) is 0 Å². The van der Waals surface area contributed by atoms with Crippen molar-refractivity contribution >= 4 is 53.5 Å². The molecule has 1 nitrogen and oxygen atoms in total. The van der Waals surface area contributed by atoms with Crippen molar-refractivity contribution in [2.24, 2.45) is 0 Å². The summed E-state index contributed by atoms with van der Waals surface area (Å²) in [5, 5.41) is 2.95. The fraction of sp³-hybridized carbons (Fsp3) is 1.00. The van der Waals surface area contributed by atoms with Crippen molar-refractivity contribution in [3.8, 4) is 0 Å². The topological polar surface area (TPSA) is 12.0 Å². The molecule has 1 unspecified atom stereocenters. The van der Waals surface area contributed by atoms with Gasteiger partial charge in [-0.2, -0.15) is 0 Å². The molecule has 0 saturated heterocycles. The summed E-state index contributed by atoms with van der Waals surface area (Å²) in [6.07, 6.45) is 1.93. The molecule has 0 aromatic rings. The molecule has 6 heteroatoms. The molecule has 1 N–H and O–H groups in total. The molecule has 0 amide bonds. The Morgan fingerprint density at radius 3 is 1.89 bits per heavy atom. The van der Waals surface area contributed by atoms with Crippen molar-refractivity contribution in [1.82, 2.24) is 5.32 Å². The molecule has 0 aliphatic heterocycles. The quantitative estimate of drug-likeness (QED) is 0.632. The zero-order chi connectivity index (χ0) is 7.49. The summed E-state index contributed by atoms with van der Waals surface area (Å²) in [5.74, 6) is 0. The van der Waals surface area contributed by atoms with Gasteiger partial charge in [-0.15, -0.1) is 0 Å². The summed E-state index contributed by atoms with van der Waals surface area (Å²) >= 11 is -1.62. The Balaban J connectivity index is 3.79. The molecule has 0 aromatic carbocycles. The van der Waals surface area contributed by atoms with Gasteiger partial charge in [-0.05, 0) is 0 Å². The molecule has 0 aliphatic rings. The molecule has 9 heavy (non-hydrogen) atoms. The summed E-state index contributed by atoms with van der Waals surface area (Å²) in [7, 11) is 19.1. The first kappa shape index (κ1) is 11.0. The van der Waals surface area contributed by atoms with Gasteiger partial charge in [0.1, 0.15) is 0 Å². The van der Waals surface area contributed by atoms with Gasteiger partial charge < -0.3 is 0 Å². The molecule has 0 fully saturated rings. The summed E-state index contributed by atoms with van der Waals surface area (Å²) < 4.78 is 0.0734. The third-order valence-electron chi connectivity index (χ3n) is 0.795. The van der Waals surface area contributed by atoms with Gasteiger partial charge in [0.05, 0.1) is 0 Å². The average Bonchev–Trinajstić information content (AvgIpc) is 1.65. The van der Waals surface area contributed by atoms with Crippen LogP contribution in [0.4, 0.5) is 0 Å². The van der Waals surface area contributed by atoms with E-state index in [1.54, 1.807) is 18.8 Å². The normalized spacial score (nSPS) is 15.7. The van der Waals surface area contributed by atoms with Crippen molar-refractivity contribution < 1.29 is 0 Å². The zero-order valence-electron chi connectivity index (χ0n) is 5.12. The first-order chi connectivity index (χ1) is 4.02. The number of nitrogens with one attached hydrogen (secondary N) is 1. The molecule has 0 radical (unpaired) electrons. The van der Waals surface area contributed by atoms with Crippen LogP contribution < -0.4 is 5.32 Å². The summed E-state index contributed by atoms with van der Waals surface area (Å²) in [6, 6.07) is 0. The number of hydrogen-bond donors (Lipinski definition) is 1. The van der Waals surface area contributed by atoms with Crippen LogP contribution in [0, 0.1) is 0 Å². The molecule has 0 aromatic heterocycles. The van der Waals surface area contributed by atoms with Crippen molar-refractivity contribution in [2.75, 3.05) is 13.3 Å². The minimum atomic E-state index is -3.19. The Morgan fingerprint density at radius 1 is 1.44 bits per heavy atom. The Hall–Kier alpha value is 1.98. The summed E-state index contributed by atoms with van der Waals surface area (Å²) in [6.45, 7) is 0. The number of thioether (sulfide) groups is 1. The van der Waals surface area contributed by atoms with Crippen LogP contribution >= 0.6 is 38.5 Å². The molecule has 0 bridgehead atoms. The van der Waals surface area contributed by atoms with E-state index < -0.39 is 15.0 Å². The van der Waals surface area contributed by atoms with Crippen LogP contribution in [0.1, 0.15) is 0 Å². The number of rotatable bonds is 3. The van der Waals surface area contributed by atoms with Gasteiger partial charge in [0.2, 0.25) is 0 Å². The SMILES string of the molecule is CN[CH](SC)[Sn]([Cl])([Cl])[Cl]. The van der Waals surface area contributed by atoms with Crippen LogP contribution in [0.15, 0.2) is 0 Å². The van der Waals surface area contributed by atoms with Gasteiger partial charge >= 0.3 is 75.5 Å². The third-order valence-corrected chi connectivity index (χ3v) is 15.4. The third kappa shape index (κ3) is 4.43. The van der Waals surface area contributed by atoms with Crippen LogP contribution in [-0.2, 0) is 0 Å². The Kier molecular flexibility index (Phi) is 5.83. The van der Waals surface area contributed by atoms with E-state index in [2.05, 4.69) is 5.32 Å². The molecule has 0 aliphatic carbocycles. The van der Waals surface area contributed by atoms with E-state index in [0.29, 0.717) is 0 Å². The zero-order valence-corrected chi connectivity index (χ0v) is 11.1. The Labute approximate surface area is 74.8 Å². The molecule has 0 spiro atoms. The summed E-state index contributed by atoms with van der Waals surface area (Å²) in [5.41, 5.74) is 0. The molecule has 56 valence electrons. The standard InChI is InChI=1S/C3H8NS.3ClH.Sn/c1-4-3-5-2;;;;/h3-4H,1-2H3;3*1H;/q;;;;+3/p-3. The van der Waals surface area contributed by atoms with Crippen molar-refractivity contribution in [3.63, 3.8) is 0 Å². The molecule has 0 heterocycles. The average molecular weight is 315 g/mol. The first-order valence-corrected chi connectivity index (χ1v) is 16.1. The van der Waals surface area contributed by atoms with Gasteiger partial charge in [-0.1, -0.05) is 0 Å². The second-order valence-corrected chi connectivity index (χ2v) is 24.2. The summed E-state index contributed by atoms with van der Waals surface area (Å²) in [4.78, 5) is 0. The van der Waals surface area contributed by atoms with Crippen molar-refractivity contribution in [2.45, 2.75) is 3.39 Å². The van der Waals surface area contributed by atoms with E-state index in [-0.39, 0.29) is 3.39 Å². The monoisotopic (exact) mass is 315 g/mol. The van der Waals surface area contributed by atoms with Crippen LogP contribution in [0.5, 0.6) is 0 Å². The molecular weight excluding hydrogens is 307 g/mol. The van der Waals surface area contributed by atoms with E-state index in [9.17, 15) is 0 Å². The Morgan fingerprint density at radius 2 is 1.89 bits per heavy atom. The number of halogens is 3. The van der Waals surface area contributed by atoms with E-state index in [0.717, 1.165) is 0 Å². The minimum absolute atomic E-state index is 0.0734. The van der Waals surface area contributed by atoms with Gasteiger partial charge in [0.25, 0.3) is 0 Å². The second kappa shape index (κ2) is 4.78. The Bertz CT molecular complexity index is 81.6. The van der Waals surface area contributed by atoms with Crippen molar-refractivity contribution in [3.05, 3.63) is 0 Å². The molecule has 0 saturated carbocycles. The number of hydrogen-bond acceptors (Lipinski definition) is 2. The maximum atomic E-state index is 5.76. The van der Waals surface area contributed by atoms with Crippen LogP contribution in [0.25, 0.3) is 0 Å². The van der Waals surface area contributed by atoms with Crippen molar-refractivity contribution in [1.29, 1.82) is 0 Å². The van der Waals surface area contributed by atoms with E-state index in [4.69, 9.17) is 26.8 Å². The van der Waals surface area contributed by atoms with E-state index in [1.807, 2.05) is 6.26 Å². The molecule has 0 rings (SSSR count). The fourth-order valence-electron chi connectivity index (χ4n) is 0.415. The van der Waals surface area contributed by atoms with Gasteiger partial charge in [0.15, 0.2) is 0 Å². The predicted molar refractivity (Wildman–Crippen MR) is 49.7 cm³/mol. The molecular formula is C3H8Cl3NSSn. The van der Waals surface area contributed by atoms with Crippen LogP contribution in [0.2, 0.25) is 0 Å². The maximum absolute atomic E-state index is 5.76. The first-order valence-electron chi connectivity index (χ1n) is 2.29. The van der Waals surface area contributed by atoms with E-state index >= 15 is 0 Å². The van der Waals surface area contributed by atoms with Crippen LogP contribution in [-0.4, -0.2) is 31.7 Å². The van der Waals surface area contributed by atoms with E-state index in [1.165, 1.54) is 0 Å². The fourth-order valence-corrected chi connectivity index (χ4v) is 11.7. The van der Waals surface area contributed by atoms with Gasteiger partial charge in [-0.25, -0.2) is 0 Å². The molecule has 1 atom stereocenters. The van der Waals surface area contributed by atoms with Gasteiger partial charge in [0, 0.05) is 0 Å².